The van der Waals surface area contributed by atoms with Crippen LogP contribution in [0.3, 0.4) is 0 Å². The third-order valence-electron chi connectivity index (χ3n) is 4.38. The fourth-order valence-corrected chi connectivity index (χ4v) is 3.00. The van der Waals surface area contributed by atoms with E-state index < -0.39 is 0 Å². The van der Waals surface area contributed by atoms with Crippen molar-refractivity contribution >= 4 is 10.9 Å². The minimum Gasteiger partial charge on any atom is -0.493 e. The molecule has 4 rings (SSSR count). The second-order valence-corrected chi connectivity index (χ2v) is 6.17. The molecule has 0 fully saturated rings. The van der Waals surface area contributed by atoms with Gasteiger partial charge < -0.3 is 14.2 Å². The maximum atomic E-state index is 6.29. The van der Waals surface area contributed by atoms with Gasteiger partial charge in [0, 0.05) is 41.3 Å². The third-order valence-corrected chi connectivity index (χ3v) is 4.38. The minimum atomic E-state index is 0.615. The number of nitrogens with zero attached hydrogens (tertiary/aromatic N) is 3. The topological polar surface area (TPSA) is 66.4 Å². The molecular weight excluding hydrogens is 354 g/mol. The number of aryl methyl sites for hydroxylation is 1. The molecule has 0 N–H and O–H groups in total. The van der Waals surface area contributed by atoms with E-state index in [9.17, 15) is 0 Å². The Labute approximate surface area is 162 Å². The number of aromatic nitrogens is 3. The molecule has 0 aliphatic heterocycles. The summed E-state index contributed by atoms with van der Waals surface area (Å²) in [5.41, 5.74) is 3.35. The van der Waals surface area contributed by atoms with Crippen LogP contribution in [0.5, 0.6) is 23.0 Å². The number of ether oxygens (including phenoxy) is 3. The van der Waals surface area contributed by atoms with Crippen molar-refractivity contribution in [2.24, 2.45) is 0 Å². The SMILES string of the molecule is COc1cc2nccc(Oc3ccc(C)nc3-c3ccncc3)c2cc1OC. The van der Waals surface area contributed by atoms with Crippen LogP contribution >= 0.6 is 0 Å². The highest BCUT2D eigenvalue weighted by atomic mass is 16.5. The number of rotatable bonds is 5. The van der Waals surface area contributed by atoms with E-state index in [0.29, 0.717) is 23.0 Å². The normalized spacial score (nSPS) is 10.7. The highest BCUT2D eigenvalue weighted by molar-refractivity contribution is 5.88. The molecule has 0 saturated carbocycles. The highest BCUT2D eigenvalue weighted by Crippen LogP contribution is 2.38. The molecule has 0 amide bonds. The molecule has 6 heteroatoms. The van der Waals surface area contributed by atoms with Gasteiger partial charge in [-0.2, -0.15) is 0 Å². The zero-order chi connectivity index (χ0) is 19.5. The summed E-state index contributed by atoms with van der Waals surface area (Å²) >= 11 is 0. The number of hydrogen-bond acceptors (Lipinski definition) is 6. The van der Waals surface area contributed by atoms with E-state index in [1.807, 2.05) is 49.4 Å². The Morgan fingerprint density at radius 2 is 1.50 bits per heavy atom. The van der Waals surface area contributed by atoms with Crippen molar-refractivity contribution in [3.05, 3.63) is 66.7 Å². The first-order chi connectivity index (χ1) is 13.7. The lowest BCUT2D eigenvalue weighted by Gasteiger charge is -2.14. The molecule has 0 bridgehead atoms. The third kappa shape index (κ3) is 3.32. The number of methoxy groups -OCH3 is 2. The van der Waals surface area contributed by atoms with E-state index in [1.54, 1.807) is 32.8 Å². The van der Waals surface area contributed by atoms with Crippen LogP contribution in [0.1, 0.15) is 5.69 Å². The molecule has 0 unspecified atom stereocenters. The average molecular weight is 373 g/mol. The van der Waals surface area contributed by atoms with Crippen LogP contribution in [0.25, 0.3) is 22.2 Å². The molecule has 0 radical (unpaired) electrons. The molecule has 6 nitrogen and oxygen atoms in total. The first-order valence-electron chi connectivity index (χ1n) is 8.76. The minimum absolute atomic E-state index is 0.615. The smallest absolute Gasteiger partial charge is 0.162 e. The zero-order valence-corrected chi connectivity index (χ0v) is 15.8. The molecule has 0 spiro atoms. The molecule has 4 aromatic rings. The molecule has 28 heavy (non-hydrogen) atoms. The molecule has 3 aromatic heterocycles. The maximum Gasteiger partial charge on any atom is 0.162 e. The molecule has 3 heterocycles. The number of fused-ring (bicyclic) bond motifs is 1. The van der Waals surface area contributed by atoms with Gasteiger partial charge in [0.2, 0.25) is 0 Å². The van der Waals surface area contributed by atoms with E-state index in [1.165, 1.54) is 0 Å². The molecule has 0 aliphatic carbocycles. The lowest BCUT2D eigenvalue weighted by molar-refractivity contribution is 0.355. The van der Waals surface area contributed by atoms with Gasteiger partial charge in [0.25, 0.3) is 0 Å². The Bertz CT molecular complexity index is 1130. The van der Waals surface area contributed by atoms with Crippen molar-refractivity contribution in [2.75, 3.05) is 14.2 Å². The van der Waals surface area contributed by atoms with Crippen molar-refractivity contribution in [3.63, 3.8) is 0 Å². The van der Waals surface area contributed by atoms with E-state index in [-0.39, 0.29) is 0 Å². The predicted octanol–water partition coefficient (Wildman–Crippen LogP) is 4.81. The van der Waals surface area contributed by atoms with Gasteiger partial charge in [-0.3, -0.25) is 9.97 Å². The summed E-state index contributed by atoms with van der Waals surface area (Å²) in [5, 5.41) is 0.821. The predicted molar refractivity (Wildman–Crippen MR) is 107 cm³/mol. The summed E-state index contributed by atoms with van der Waals surface area (Å²) in [6.45, 7) is 1.95. The second-order valence-electron chi connectivity index (χ2n) is 6.17. The molecule has 140 valence electrons. The second kappa shape index (κ2) is 7.52. The molecule has 0 aliphatic rings. The first-order valence-corrected chi connectivity index (χ1v) is 8.76. The molecule has 0 saturated heterocycles. The lowest BCUT2D eigenvalue weighted by atomic mass is 10.1. The number of pyridine rings is 3. The van der Waals surface area contributed by atoms with Crippen molar-refractivity contribution < 1.29 is 14.2 Å². The van der Waals surface area contributed by atoms with Gasteiger partial charge in [-0.1, -0.05) is 0 Å². The number of hydrogen-bond donors (Lipinski definition) is 0. The van der Waals surface area contributed by atoms with Gasteiger partial charge in [0.1, 0.15) is 11.4 Å². The van der Waals surface area contributed by atoms with Gasteiger partial charge in [0.15, 0.2) is 17.2 Å². The zero-order valence-electron chi connectivity index (χ0n) is 15.8. The van der Waals surface area contributed by atoms with E-state index >= 15 is 0 Å². The van der Waals surface area contributed by atoms with Gasteiger partial charge >= 0.3 is 0 Å². The summed E-state index contributed by atoms with van der Waals surface area (Å²) in [7, 11) is 3.20. The average Bonchev–Trinajstić information content (AvgIpc) is 2.74. The Morgan fingerprint density at radius 1 is 0.750 bits per heavy atom. The van der Waals surface area contributed by atoms with Gasteiger partial charge in [-0.15, -0.1) is 0 Å². The quantitative estimate of drug-likeness (QED) is 0.500. The Balaban J connectivity index is 1.83. The van der Waals surface area contributed by atoms with Gasteiger partial charge in [0.05, 0.1) is 19.7 Å². The highest BCUT2D eigenvalue weighted by Gasteiger charge is 2.14. The number of benzene rings is 1. The van der Waals surface area contributed by atoms with Crippen LogP contribution in [0.15, 0.2) is 61.1 Å². The van der Waals surface area contributed by atoms with E-state index in [4.69, 9.17) is 14.2 Å². The van der Waals surface area contributed by atoms with Crippen LogP contribution in [-0.2, 0) is 0 Å². The van der Waals surface area contributed by atoms with Crippen molar-refractivity contribution in [1.29, 1.82) is 0 Å². The fourth-order valence-electron chi connectivity index (χ4n) is 3.00. The monoisotopic (exact) mass is 373 g/mol. The summed E-state index contributed by atoms with van der Waals surface area (Å²) in [4.78, 5) is 13.2. The van der Waals surface area contributed by atoms with Crippen molar-refractivity contribution in [3.8, 4) is 34.3 Å². The lowest BCUT2D eigenvalue weighted by Crippen LogP contribution is -1.96. The largest absolute Gasteiger partial charge is 0.493 e. The van der Waals surface area contributed by atoms with Crippen LogP contribution in [0.2, 0.25) is 0 Å². The summed E-state index contributed by atoms with van der Waals surface area (Å²) < 4.78 is 17.1. The Hall–Kier alpha value is -3.67. The summed E-state index contributed by atoms with van der Waals surface area (Å²) in [5.74, 6) is 2.55. The van der Waals surface area contributed by atoms with Gasteiger partial charge in [-0.05, 0) is 43.3 Å². The molecule has 0 atom stereocenters. The van der Waals surface area contributed by atoms with Gasteiger partial charge in [-0.25, -0.2) is 4.98 Å². The van der Waals surface area contributed by atoms with E-state index in [2.05, 4.69) is 15.0 Å². The summed E-state index contributed by atoms with van der Waals surface area (Å²) in [6, 6.07) is 13.2. The maximum absolute atomic E-state index is 6.29. The van der Waals surface area contributed by atoms with Crippen molar-refractivity contribution in [1.82, 2.24) is 15.0 Å². The molecular formula is C22H19N3O3. The van der Waals surface area contributed by atoms with Crippen LogP contribution in [-0.4, -0.2) is 29.2 Å². The summed E-state index contributed by atoms with van der Waals surface area (Å²) in [6.07, 6.45) is 5.18. The standard InChI is InChI=1S/C22H19N3O3/c1-14-4-5-19(22(25-14)15-6-9-23-10-7-15)28-18-8-11-24-17-13-21(27-3)20(26-2)12-16(17)18/h4-13H,1-3H3. The molecule has 1 aromatic carbocycles. The Morgan fingerprint density at radius 3 is 2.25 bits per heavy atom. The van der Waals surface area contributed by atoms with E-state index in [0.717, 1.165) is 27.9 Å². The van der Waals surface area contributed by atoms with Crippen LogP contribution < -0.4 is 14.2 Å². The van der Waals surface area contributed by atoms with Crippen LogP contribution in [0, 0.1) is 6.92 Å². The fraction of sp³-hybridized carbons (Fsp3) is 0.136. The van der Waals surface area contributed by atoms with Crippen molar-refractivity contribution in [2.45, 2.75) is 6.92 Å². The van der Waals surface area contributed by atoms with Crippen LogP contribution in [0.4, 0.5) is 0 Å². The first kappa shape index (κ1) is 17.7. The Kier molecular flexibility index (Phi) is 4.76.